The SMILES string of the molecule is COc1ccc(C2/C(=C(/O)c3ccc(OC)c(Cl)c3)C(=O)C(=O)N2c2ccccc2C)cc1. The van der Waals surface area contributed by atoms with Crippen molar-refractivity contribution in [2.24, 2.45) is 0 Å². The molecule has 1 fully saturated rings. The van der Waals surface area contributed by atoms with Gasteiger partial charge in [-0.15, -0.1) is 0 Å². The molecule has 3 aromatic rings. The monoisotopic (exact) mass is 463 g/mol. The number of methoxy groups -OCH3 is 2. The molecule has 0 aromatic heterocycles. The molecule has 1 heterocycles. The third kappa shape index (κ3) is 3.94. The topological polar surface area (TPSA) is 76.1 Å². The van der Waals surface area contributed by atoms with Gasteiger partial charge in [-0.05, 0) is 54.4 Å². The summed E-state index contributed by atoms with van der Waals surface area (Å²) in [6, 6.07) is 18.2. The summed E-state index contributed by atoms with van der Waals surface area (Å²) in [6.45, 7) is 1.86. The first-order chi connectivity index (χ1) is 15.9. The Morgan fingerprint density at radius 2 is 1.67 bits per heavy atom. The minimum atomic E-state index is -0.835. The van der Waals surface area contributed by atoms with E-state index in [0.717, 1.165) is 5.56 Å². The van der Waals surface area contributed by atoms with E-state index in [0.29, 0.717) is 28.3 Å². The summed E-state index contributed by atoms with van der Waals surface area (Å²) in [5, 5.41) is 11.5. The fourth-order valence-corrected chi connectivity index (χ4v) is 4.24. The van der Waals surface area contributed by atoms with Crippen LogP contribution in [0.3, 0.4) is 0 Å². The Kier molecular flexibility index (Phi) is 6.11. The molecule has 0 bridgehead atoms. The number of nitrogens with zero attached hydrogens (tertiary/aromatic N) is 1. The average molecular weight is 464 g/mol. The van der Waals surface area contributed by atoms with Gasteiger partial charge in [-0.3, -0.25) is 14.5 Å². The first-order valence-electron chi connectivity index (χ1n) is 10.2. The van der Waals surface area contributed by atoms with E-state index >= 15 is 0 Å². The molecule has 3 aromatic carbocycles. The lowest BCUT2D eigenvalue weighted by Crippen LogP contribution is -2.30. The summed E-state index contributed by atoms with van der Waals surface area (Å²) in [6.07, 6.45) is 0. The van der Waals surface area contributed by atoms with Crippen LogP contribution < -0.4 is 14.4 Å². The smallest absolute Gasteiger partial charge is 0.300 e. The van der Waals surface area contributed by atoms with Crippen LogP contribution >= 0.6 is 11.6 Å². The average Bonchev–Trinajstić information content (AvgIpc) is 3.09. The Labute approximate surface area is 196 Å². The van der Waals surface area contributed by atoms with Crippen LogP contribution in [0.15, 0.2) is 72.3 Å². The van der Waals surface area contributed by atoms with Gasteiger partial charge in [-0.25, -0.2) is 0 Å². The molecular weight excluding hydrogens is 442 g/mol. The van der Waals surface area contributed by atoms with Gasteiger partial charge in [0.05, 0.1) is 30.9 Å². The summed E-state index contributed by atoms with van der Waals surface area (Å²) in [5.74, 6) is -0.738. The second kappa shape index (κ2) is 9.00. The number of rotatable bonds is 5. The van der Waals surface area contributed by atoms with Crippen LogP contribution in [0.25, 0.3) is 5.76 Å². The number of amides is 1. The molecule has 4 rings (SSSR count). The summed E-state index contributed by atoms with van der Waals surface area (Å²) >= 11 is 6.24. The van der Waals surface area contributed by atoms with Crippen LogP contribution in [0, 0.1) is 6.92 Å². The summed E-state index contributed by atoms with van der Waals surface area (Å²) in [4.78, 5) is 27.9. The fourth-order valence-electron chi connectivity index (χ4n) is 3.99. The molecule has 7 heteroatoms. The van der Waals surface area contributed by atoms with Crippen LogP contribution in [0.5, 0.6) is 11.5 Å². The van der Waals surface area contributed by atoms with Crippen LogP contribution in [0.4, 0.5) is 5.69 Å². The molecule has 33 heavy (non-hydrogen) atoms. The molecule has 1 amide bonds. The van der Waals surface area contributed by atoms with E-state index in [1.165, 1.54) is 18.1 Å². The third-order valence-electron chi connectivity index (χ3n) is 5.68. The van der Waals surface area contributed by atoms with Gasteiger partial charge >= 0.3 is 0 Å². The molecule has 1 atom stereocenters. The molecule has 1 N–H and O–H groups in total. The molecule has 0 aliphatic carbocycles. The van der Waals surface area contributed by atoms with Crippen molar-refractivity contribution in [1.82, 2.24) is 0 Å². The molecule has 0 saturated carbocycles. The number of aliphatic hydroxyl groups is 1. The van der Waals surface area contributed by atoms with Gasteiger partial charge in [0.2, 0.25) is 0 Å². The second-order valence-corrected chi connectivity index (χ2v) is 7.99. The minimum absolute atomic E-state index is 0.0188. The van der Waals surface area contributed by atoms with Crippen LogP contribution in [-0.2, 0) is 9.59 Å². The number of hydrogen-bond acceptors (Lipinski definition) is 5. The van der Waals surface area contributed by atoms with Crippen LogP contribution in [0.2, 0.25) is 5.02 Å². The van der Waals surface area contributed by atoms with E-state index in [-0.39, 0.29) is 16.4 Å². The normalized spacial score (nSPS) is 17.3. The number of anilines is 1. The molecule has 1 unspecified atom stereocenters. The van der Waals surface area contributed by atoms with Crippen molar-refractivity contribution < 1.29 is 24.2 Å². The Morgan fingerprint density at radius 3 is 2.27 bits per heavy atom. The highest BCUT2D eigenvalue weighted by Gasteiger charge is 2.47. The Morgan fingerprint density at radius 1 is 0.970 bits per heavy atom. The van der Waals surface area contributed by atoms with Crippen LogP contribution in [0.1, 0.15) is 22.7 Å². The van der Waals surface area contributed by atoms with Crippen molar-refractivity contribution in [3.8, 4) is 11.5 Å². The number of hydrogen-bond donors (Lipinski definition) is 1. The molecule has 1 aliphatic heterocycles. The lowest BCUT2D eigenvalue weighted by molar-refractivity contribution is -0.132. The first-order valence-corrected chi connectivity index (χ1v) is 10.6. The van der Waals surface area contributed by atoms with Crippen molar-refractivity contribution in [2.75, 3.05) is 19.1 Å². The van der Waals surface area contributed by atoms with Gasteiger partial charge in [0.1, 0.15) is 17.3 Å². The highest BCUT2D eigenvalue weighted by Crippen LogP contribution is 2.43. The zero-order valence-electron chi connectivity index (χ0n) is 18.3. The lowest BCUT2D eigenvalue weighted by atomic mass is 9.94. The lowest BCUT2D eigenvalue weighted by Gasteiger charge is -2.27. The summed E-state index contributed by atoms with van der Waals surface area (Å²) in [7, 11) is 3.04. The number of benzene rings is 3. The molecule has 1 saturated heterocycles. The van der Waals surface area contributed by atoms with E-state index < -0.39 is 17.7 Å². The Balaban J connectivity index is 1.94. The molecule has 0 spiro atoms. The van der Waals surface area contributed by atoms with Crippen molar-refractivity contribution in [2.45, 2.75) is 13.0 Å². The zero-order chi connectivity index (χ0) is 23.7. The number of halogens is 1. The van der Waals surface area contributed by atoms with E-state index in [1.54, 1.807) is 55.6 Å². The number of para-hydroxylation sites is 1. The highest BCUT2D eigenvalue weighted by atomic mass is 35.5. The first kappa shape index (κ1) is 22.4. The van der Waals surface area contributed by atoms with Crippen molar-refractivity contribution in [3.63, 3.8) is 0 Å². The van der Waals surface area contributed by atoms with Crippen molar-refractivity contribution >= 4 is 34.7 Å². The predicted octanol–water partition coefficient (Wildman–Crippen LogP) is 5.29. The minimum Gasteiger partial charge on any atom is -0.507 e. The predicted molar refractivity (Wildman–Crippen MR) is 127 cm³/mol. The van der Waals surface area contributed by atoms with Crippen LogP contribution in [-0.4, -0.2) is 31.0 Å². The number of carbonyl (C=O) groups is 2. The van der Waals surface area contributed by atoms with Crippen molar-refractivity contribution in [1.29, 1.82) is 0 Å². The van der Waals surface area contributed by atoms with Gasteiger partial charge in [0.25, 0.3) is 11.7 Å². The zero-order valence-corrected chi connectivity index (χ0v) is 19.1. The van der Waals surface area contributed by atoms with Gasteiger partial charge in [0, 0.05) is 11.3 Å². The summed E-state index contributed by atoms with van der Waals surface area (Å²) < 4.78 is 10.4. The third-order valence-corrected chi connectivity index (χ3v) is 5.97. The molecule has 6 nitrogen and oxygen atoms in total. The molecule has 168 valence electrons. The number of aliphatic hydroxyl groups excluding tert-OH is 1. The molecule has 0 radical (unpaired) electrons. The summed E-state index contributed by atoms with van der Waals surface area (Å²) in [5.41, 5.74) is 2.36. The maximum Gasteiger partial charge on any atom is 0.300 e. The van der Waals surface area contributed by atoms with E-state index in [1.807, 2.05) is 19.1 Å². The number of ketones is 1. The van der Waals surface area contributed by atoms with Gasteiger partial charge in [0.15, 0.2) is 0 Å². The molecular formula is C26H22ClNO5. The Bertz CT molecular complexity index is 1270. The van der Waals surface area contributed by atoms with Gasteiger partial charge in [-0.1, -0.05) is 41.9 Å². The number of ether oxygens (including phenoxy) is 2. The largest absolute Gasteiger partial charge is 0.507 e. The van der Waals surface area contributed by atoms with Gasteiger partial charge in [-0.2, -0.15) is 0 Å². The van der Waals surface area contributed by atoms with Gasteiger partial charge < -0.3 is 14.6 Å². The maximum absolute atomic E-state index is 13.2. The second-order valence-electron chi connectivity index (χ2n) is 7.58. The number of carbonyl (C=O) groups excluding carboxylic acids is 2. The van der Waals surface area contributed by atoms with E-state index in [4.69, 9.17) is 21.1 Å². The number of Topliss-reactive ketones (excluding diaryl/α,β-unsaturated/α-hetero) is 1. The molecule has 1 aliphatic rings. The highest BCUT2D eigenvalue weighted by molar-refractivity contribution is 6.51. The van der Waals surface area contributed by atoms with Crippen molar-refractivity contribution in [3.05, 3.63) is 94.0 Å². The maximum atomic E-state index is 13.2. The van der Waals surface area contributed by atoms with E-state index in [2.05, 4.69) is 0 Å². The Hall–Kier alpha value is -3.77. The quantitative estimate of drug-likeness (QED) is 0.316. The van der Waals surface area contributed by atoms with E-state index in [9.17, 15) is 14.7 Å². The standard InChI is InChI=1S/C26H22ClNO5/c1-15-6-4-5-7-20(15)28-23(16-8-11-18(32-2)12-9-16)22(25(30)26(28)31)24(29)17-10-13-21(33-3)19(27)14-17/h4-14,23,29H,1-3H3/b24-22-. The number of aryl methyl sites for hydroxylation is 1. The fraction of sp³-hybridized carbons (Fsp3) is 0.154.